The lowest BCUT2D eigenvalue weighted by Crippen LogP contribution is -2.43. The summed E-state index contributed by atoms with van der Waals surface area (Å²) in [5, 5.41) is 10.5. The Balaban J connectivity index is 2.21. The second kappa shape index (κ2) is 5.85. The van der Waals surface area contributed by atoms with Crippen LogP contribution in [0.15, 0.2) is 6.07 Å². The number of halogens is 1. The molecule has 4 nitrogen and oxygen atoms in total. The summed E-state index contributed by atoms with van der Waals surface area (Å²) in [6.45, 7) is 2.00. The molecule has 0 aromatic carbocycles. The minimum Gasteiger partial charge on any atom is -0.391 e. The number of anilines is 1. The molecule has 0 amide bonds. The molecule has 0 spiro atoms. The summed E-state index contributed by atoms with van der Waals surface area (Å²) in [4.78, 5) is 10.7. The Kier molecular flexibility index (Phi) is 4.40. The molecule has 18 heavy (non-hydrogen) atoms. The smallest absolute Gasteiger partial charge is 0.134 e. The summed E-state index contributed by atoms with van der Waals surface area (Å²) < 4.78 is 0. The highest BCUT2D eigenvalue weighted by atomic mass is 35.5. The molecular formula is C13H20ClN3O. The molecule has 1 aliphatic carbocycles. The second-order valence-corrected chi connectivity index (χ2v) is 5.24. The lowest BCUT2D eigenvalue weighted by molar-refractivity contribution is 0.106. The molecule has 2 unspecified atom stereocenters. The molecule has 1 heterocycles. The highest BCUT2D eigenvalue weighted by molar-refractivity contribution is 6.29. The third kappa shape index (κ3) is 2.93. The monoisotopic (exact) mass is 269 g/mol. The van der Waals surface area contributed by atoms with Gasteiger partial charge >= 0.3 is 0 Å². The van der Waals surface area contributed by atoms with Gasteiger partial charge in [-0.3, -0.25) is 0 Å². The minimum absolute atomic E-state index is 0.134. The first-order valence-corrected chi connectivity index (χ1v) is 6.94. The van der Waals surface area contributed by atoms with E-state index in [0.717, 1.165) is 43.7 Å². The number of aliphatic hydroxyl groups excluding tert-OH is 1. The maximum Gasteiger partial charge on any atom is 0.134 e. The lowest BCUT2D eigenvalue weighted by Gasteiger charge is -2.36. The third-order valence-corrected chi connectivity index (χ3v) is 3.79. The maximum absolute atomic E-state index is 10.1. The molecular weight excluding hydrogens is 250 g/mol. The highest BCUT2D eigenvalue weighted by Gasteiger charge is 2.27. The van der Waals surface area contributed by atoms with Gasteiger partial charge in [0.1, 0.15) is 16.8 Å². The number of rotatable bonds is 3. The fraction of sp³-hybridized carbons (Fsp3) is 0.692. The Morgan fingerprint density at radius 1 is 1.39 bits per heavy atom. The van der Waals surface area contributed by atoms with Crippen molar-refractivity contribution < 1.29 is 5.11 Å². The maximum atomic E-state index is 10.1. The zero-order chi connectivity index (χ0) is 13.1. The normalized spacial score (nSPS) is 24.0. The summed E-state index contributed by atoms with van der Waals surface area (Å²) in [5.74, 6) is 1.55. The quantitative estimate of drug-likeness (QED) is 0.857. The van der Waals surface area contributed by atoms with Crippen molar-refractivity contribution in [3.05, 3.63) is 17.0 Å². The molecule has 1 aromatic heterocycles. The van der Waals surface area contributed by atoms with Crippen LogP contribution in [0.25, 0.3) is 0 Å². The first kappa shape index (κ1) is 13.6. The van der Waals surface area contributed by atoms with Crippen LogP contribution in [0.2, 0.25) is 5.15 Å². The topological polar surface area (TPSA) is 49.2 Å². The summed E-state index contributed by atoms with van der Waals surface area (Å²) in [6, 6.07) is 1.90. The molecule has 0 aliphatic heterocycles. The van der Waals surface area contributed by atoms with Gasteiger partial charge in [0.15, 0.2) is 0 Å². The van der Waals surface area contributed by atoms with Crippen LogP contribution in [-0.2, 0) is 6.42 Å². The van der Waals surface area contributed by atoms with Gasteiger partial charge in [0.2, 0.25) is 0 Å². The Bertz CT molecular complexity index is 413. The Morgan fingerprint density at radius 3 is 2.78 bits per heavy atom. The van der Waals surface area contributed by atoms with Crippen molar-refractivity contribution in [2.75, 3.05) is 11.9 Å². The van der Waals surface area contributed by atoms with Gasteiger partial charge in [-0.15, -0.1) is 0 Å². The van der Waals surface area contributed by atoms with E-state index in [-0.39, 0.29) is 12.1 Å². The van der Waals surface area contributed by atoms with E-state index in [1.807, 2.05) is 18.9 Å². The number of aliphatic hydroxyl groups is 1. The van der Waals surface area contributed by atoms with Crippen molar-refractivity contribution >= 4 is 17.4 Å². The molecule has 0 bridgehead atoms. The number of nitrogens with zero attached hydrogens (tertiary/aromatic N) is 3. The van der Waals surface area contributed by atoms with Crippen molar-refractivity contribution in [1.29, 1.82) is 0 Å². The Labute approximate surface area is 113 Å². The molecule has 1 saturated carbocycles. The fourth-order valence-electron chi connectivity index (χ4n) is 2.50. The second-order valence-electron chi connectivity index (χ2n) is 4.85. The van der Waals surface area contributed by atoms with E-state index < -0.39 is 0 Å². The number of aryl methyl sites for hydroxylation is 1. The van der Waals surface area contributed by atoms with Gasteiger partial charge in [0.25, 0.3) is 0 Å². The van der Waals surface area contributed by atoms with E-state index >= 15 is 0 Å². The van der Waals surface area contributed by atoms with Gasteiger partial charge in [-0.2, -0.15) is 0 Å². The summed E-state index contributed by atoms with van der Waals surface area (Å²) in [6.07, 6.45) is 4.62. The first-order valence-electron chi connectivity index (χ1n) is 6.56. The van der Waals surface area contributed by atoms with Crippen molar-refractivity contribution in [3.63, 3.8) is 0 Å². The number of hydrogen-bond acceptors (Lipinski definition) is 4. The number of hydrogen-bond donors (Lipinski definition) is 1. The zero-order valence-corrected chi connectivity index (χ0v) is 11.7. The SMILES string of the molecule is CCc1nc(Cl)cc(N(C)C2CCCCC2O)n1. The fourth-order valence-corrected chi connectivity index (χ4v) is 2.70. The number of likely N-dealkylation sites (N-methyl/N-ethyl adjacent to an activating group) is 1. The van der Waals surface area contributed by atoms with Gasteiger partial charge in [-0.25, -0.2) is 9.97 Å². The molecule has 5 heteroatoms. The highest BCUT2D eigenvalue weighted by Crippen LogP contribution is 2.26. The van der Waals surface area contributed by atoms with Crippen LogP contribution < -0.4 is 4.90 Å². The predicted octanol–water partition coefficient (Wildman–Crippen LogP) is 2.43. The van der Waals surface area contributed by atoms with Crippen molar-refractivity contribution in [2.24, 2.45) is 0 Å². The van der Waals surface area contributed by atoms with E-state index in [9.17, 15) is 5.11 Å². The van der Waals surface area contributed by atoms with Crippen LogP contribution in [0.3, 0.4) is 0 Å². The van der Waals surface area contributed by atoms with Gasteiger partial charge in [0, 0.05) is 19.5 Å². The molecule has 100 valence electrons. The van der Waals surface area contributed by atoms with Crippen molar-refractivity contribution in [3.8, 4) is 0 Å². The first-order chi connectivity index (χ1) is 8.61. The average molecular weight is 270 g/mol. The van der Waals surface area contributed by atoms with Gasteiger partial charge in [0.05, 0.1) is 12.1 Å². The predicted molar refractivity (Wildman–Crippen MR) is 73.1 cm³/mol. The van der Waals surface area contributed by atoms with Crippen LogP contribution >= 0.6 is 11.6 Å². The summed E-state index contributed by atoms with van der Waals surface area (Å²) >= 11 is 6.01. The molecule has 0 radical (unpaired) electrons. The van der Waals surface area contributed by atoms with E-state index in [0.29, 0.717) is 5.15 Å². The molecule has 2 rings (SSSR count). The molecule has 0 saturated heterocycles. The summed E-state index contributed by atoms with van der Waals surface area (Å²) in [7, 11) is 1.97. The van der Waals surface area contributed by atoms with Crippen LogP contribution in [0.1, 0.15) is 38.4 Å². The van der Waals surface area contributed by atoms with E-state index in [1.165, 1.54) is 0 Å². The van der Waals surface area contributed by atoms with E-state index in [2.05, 4.69) is 9.97 Å². The average Bonchev–Trinajstić information content (AvgIpc) is 2.37. The van der Waals surface area contributed by atoms with Crippen LogP contribution in [0, 0.1) is 0 Å². The lowest BCUT2D eigenvalue weighted by atomic mass is 9.91. The van der Waals surface area contributed by atoms with Crippen LogP contribution in [0.5, 0.6) is 0 Å². The van der Waals surface area contributed by atoms with Gasteiger partial charge in [-0.05, 0) is 12.8 Å². The molecule has 1 fully saturated rings. The standard InChI is InChI=1S/C13H20ClN3O/c1-3-12-15-11(14)8-13(16-12)17(2)9-6-4-5-7-10(9)18/h8-10,18H,3-7H2,1-2H3. The largest absolute Gasteiger partial charge is 0.391 e. The third-order valence-electron chi connectivity index (χ3n) is 3.60. The Morgan fingerprint density at radius 2 is 2.11 bits per heavy atom. The Hall–Kier alpha value is -0.870. The van der Waals surface area contributed by atoms with Crippen LogP contribution in [-0.4, -0.2) is 34.3 Å². The summed E-state index contributed by atoms with van der Waals surface area (Å²) in [5.41, 5.74) is 0. The van der Waals surface area contributed by atoms with Crippen molar-refractivity contribution in [1.82, 2.24) is 9.97 Å². The molecule has 2 atom stereocenters. The van der Waals surface area contributed by atoms with Crippen LogP contribution in [0.4, 0.5) is 5.82 Å². The van der Waals surface area contributed by atoms with Gasteiger partial charge < -0.3 is 10.0 Å². The molecule has 1 aromatic rings. The van der Waals surface area contributed by atoms with Gasteiger partial charge in [-0.1, -0.05) is 31.4 Å². The van der Waals surface area contributed by atoms with E-state index in [1.54, 1.807) is 6.07 Å². The number of aromatic nitrogens is 2. The zero-order valence-electron chi connectivity index (χ0n) is 10.9. The molecule has 1 aliphatic rings. The molecule has 1 N–H and O–H groups in total. The minimum atomic E-state index is -0.275. The van der Waals surface area contributed by atoms with E-state index in [4.69, 9.17) is 11.6 Å². The van der Waals surface area contributed by atoms with Crippen molar-refractivity contribution in [2.45, 2.75) is 51.2 Å².